The van der Waals surface area contributed by atoms with Crippen LogP contribution in [0.4, 0.5) is 11.4 Å². The Morgan fingerprint density at radius 3 is 2.78 bits per heavy atom. The molecule has 1 fully saturated rings. The quantitative estimate of drug-likeness (QED) is 0.672. The zero-order valence-electron chi connectivity index (χ0n) is 9.72. The molecule has 1 saturated heterocycles. The van der Waals surface area contributed by atoms with E-state index in [-0.39, 0.29) is 17.6 Å². The van der Waals surface area contributed by atoms with E-state index in [9.17, 15) is 14.9 Å². The Kier molecular flexibility index (Phi) is 3.38. The lowest BCUT2D eigenvalue weighted by Gasteiger charge is -2.39. The average molecular weight is 270 g/mol. The first-order valence-electron chi connectivity index (χ1n) is 5.43. The zero-order chi connectivity index (χ0) is 13.3. The molecule has 7 heteroatoms. The van der Waals surface area contributed by atoms with E-state index in [4.69, 9.17) is 11.6 Å². The van der Waals surface area contributed by atoms with E-state index in [1.165, 1.54) is 13.0 Å². The number of nitrogens with one attached hydrogen (secondary N) is 1. The van der Waals surface area contributed by atoms with Gasteiger partial charge in [-0.3, -0.25) is 14.9 Å². The number of rotatable bonds is 3. The van der Waals surface area contributed by atoms with Crippen molar-refractivity contribution in [3.63, 3.8) is 0 Å². The van der Waals surface area contributed by atoms with Gasteiger partial charge in [0.25, 0.3) is 5.69 Å². The number of amides is 1. The summed E-state index contributed by atoms with van der Waals surface area (Å²) in [6, 6.07) is 4.54. The Morgan fingerprint density at radius 2 is 2.22 bits per heavy atom. The summed E-state index contributed by atoms with van der Waals surface area (Å²) in [7, 11) is 0. The van der Waals surface area contributed by atoms with Gasteiger partial charge in [-0.05, 0) is 12.1 Å². The highest BCUT2D eigenvalue weighted by Gasteiger charge is 2.29. The van der Waals surface area contributed by atoms with Gasteiger partial charge in [-0.1, -0.05) is 11.6 Å². The largest absolute Gasteiger partial charge is 0.373 e. The number of nitrogens with zero attached hydrogens (tertiary/aromatic N) is 2. The maximum Gasteiger partial charge on any atom is 0.293 e. The predicted molar refractivity (Wildman–Crippen MR) is 67.8 cm³/mol. The van der Waals surface area contributed by atoms with Gasteiger partial charge < -0.3 is 10.2 Å². The van der Waals surface area contributed by atoms with E-state index in [1.54, 1.807) is 17.0 Å². The van der Waals surface area contributed by atoms with Crippen LogP contribution in [0.25, 0.3) is 0 Å². The fourth-order valence-corrected chi connectivity index (χ4v) is 1.99. The molecule has 0 aliphatic carbocycles. The van der Waals surface area contributed by atoms with Gasteiger partial charge in [-0.2, -0.15) is 0 Å². The minimum atomic E-state index is -0.477. The number of hydrogen-bond acceptors (Lipinski definition) is 4. The first kappa shape index (κ1) is 12.6. The molecule has 1 aliphatic rings. The average Bonchev–Trinajstić information content (AvgIpc) is 2.23. The lowest BCUT2D eigenvalue weighted by molar-refractivity contribution is -0.384. The Bertz CT molecular complexity index is 500. The molecule has 0 aromatic heterocycles. The number of carbonyl (C=O) groups is 1. The molecule has 0 spiro atoms. The molecule has 0 saturated carbocycles. The number of hydrogen-bond donors (Lipinski definition) is 1. The van der Waals surface area contributed by atoms with E-state index in [2.05, 4.69) is 5.32 Å². The number of nitro groups is 1. The summed E-state index contributed by atoms with van der Waals surface area (Å²) >= 11 is 5.72. The fourth-order valence-electron chi connectivity index (χ4n) is 1.82. The van der Waals surface area contributed by atoms with E-state index >= 15 is 0 Å². The summed E-state index contributed by atoms with van der Waals surface area (Å²) in [6.07, 6.45) is 0. The number of benzene rings is 1. The molecule has 0 radical (unpaired) electrons. The second-order valence-electron chi connectivity index (χ2n) is 4.18. The molecule has 6 nitrogen and oxygen atoms in total. The van der Waals surface area contributed by atoms with Gasteiger partial charge in [-0.25, -0.2) is 0 Å². The van der Waals surface area contributed by atoms with Crippen molar-refractivity contribution >= 4 is 28.9 Å². The maximum absolute atomic E-state index is 11.0. The smallest absolute Gasteiger partial charge is 0.293 e. The molecule has 1 heterocycles. The monoisotopic (exact) mass is 269 g/mol. The van der Waals surface area contributed by atoms with Crippen molar-refractivity contribution in [3.8, 4) is 0 Å². The van der Waals surface area contributed by atoms with Gasteiger partial charge in [0.05, 0.1) is 11.0 Å². The van der Waals surface area contributed by atoms with E-state index in [1.807, 2.05) is 0 Å². The Labute approximate surface area is 109 Å². The third kappa shape index (κ3) is 2.53. The molecule has 1 aromatic rings. The number of carbonyl (C=O) groups excluding carboxylic acids is 1. The van der Waals surface area contributed by atoms with Crippen LogP contribution in [-0.4, -0.2) is 34.9 Å². The minimum absolute atomic E-state index is 0.0126. The van der Waals surface area contributed by atoms with Crippen molar-refractivity contribution in [2.24, 2.45) is 0 Å². The number of halogens is 1. The SMILES string of the molecule is CC(=O)N1CC(Nc2ccc(Cl)cc2[N+](=O)[O-])C1. The van der Waals surface area contributed by atoms with Crippen molar-refractivity contribution in [2.45, 2.75) is 13.0 Å². The van der Waals surface area contributed by atoms with E-state index in [0.29, 0.717) is 23.8 Å². The van der Waals surface area contributed by atoms with Crippen LogP contribution >= 0.6 is 11.6 Å². The molecule has 2 rings (SSSR count). The van der Waals surface area contributed by atoms with Gasteiger partial charge in [0, 0.05) is 31.1 Å². The van der Waals surface area contributed by atoms with Crippen LogP contribution in [0, 0.1) is 10.1 Å². The molecular formula is C11H12ClN3O3. The maximum atomic E-state index is 11.0. The topological polar surface area (TPSA) is 75.5 Å². The van der Waals surface area contributed by atoms with E-state index in [0.717, 1.165) is 0 Å². The van der Waals surface area contributed by atoms with Gasteiger partial charge in [0.15, 0.2) is 0 Å². The lowest BCUT2D eigenvalue weighted by atomic mass is 10.1. The van der Waals surface area contributed by atoms with Gasteiger partial charge >= 0.3 is 0 Å². The van der Waals surface area contributed by atoms with Crippen LogP contribution in [0.5, 0.6) is 0 Å². The van der Waals surface area contributed by atoms with Crippen molar-refractivity contribution in [1.29, 1.82) is 0 Å². The highest BCUT2D eigenvalue weighted by Crippen LogP contribution is 2.29. The molecule has 0 unspecified atom stereocenters. The van der Waals surface area contributed by atoms with Gasteiger partial charge in [0.2, 0.25) is 5.91 Å². The third-order valence-electron chi connectivity index (χ3n) is 2.84. The number of anilines is 1. The molecule has 18 heavy (non-hydrogen) atoms. The van der Waals surface area contributed by atoms with Gasteiger partial charge in [0.1, 0.15) is 5.69 Å². The molecule has 1 amide bonds. The van der Waals surface area contributed by atoms with Crippen LogP contribution in [0.3, 0.4) is 0 Å². The summed E-state index contributed by atoms with van der Waals surface area (Å²) in [5.74, 6) is 0.0126. The highest BCUT2D eigenvalue weighted by molar-refractivity contribution is 6.30. The minimum Gasteiger partial charge on any atom is -0.373 e. The van der Waals surface area contributed by atoms with Crippen LogP contribution in [0.2, 0.25) is 5.02 Å². The highest BCUT2D eigenvalue weighted by atomic mass is 35.5. The molecule has 1 aromatic carbocycles. The fraction of sp³-hybridized carbons (Fsp3) is 0.364. The zero-order valence-corrected chi connectivity index (χ0v) is 10.5. The van der Waals surface area contributed by atoms with Gasteiger partial charge in [-0.15, -0.1) is 0 Å². The summed E-state index contributed by atoms with van der Waals surface area (Å²) in [4.78, 5) is 23.1. The normalized spacial score (nSPS) is 15.1. The Hall–Kier alpha value is -1.82. The number of nitro benzene ring substituents is 1. The van der Waals surface area contributed by atoms with Crippen LogP contribution in [0.1, 0.15) is 6.92 Å². The molecule has 96 valence electrons. The van der Waals surface area contributed by atoms with Crippen molar-refractivity contribution in [1.82, 2.24) is 4.90 Å². The molecule has 0 bridgehead atoms. The van der Waals surface area contributed by atoms with Crippen molar-refractivity contribution < 1.29 is 9.72 Å². The predicted octanol–water partition coefficient (Wildman–Crippen LogP) is 1.89. The Morgan fingerprint density at radius 1 is 1.56 bits per heavy atom. The molecule has 1 N–H and O–H groups in total. The summed E-state index contributed by atoms with van der Waals surface area (Å²) in [6.45, 7) is 2.63. The molecule has 1 aliphatic heterocycles. The van der Waals surface area contributed by atoms with Crippen LogP contribution in [0.15, 0.2) is 18.2 Å². The second kappa shape index (κ2) is 4.81. The first-order valence-corrected chi connectivity index (χ1v) is 5.81. The molecular weight excluding hydrogens is 258 g/mol. The summed E-state index contributed by atoms with van der Waals surface area (Å²) in [5, 5.41) is 14.2. The Balaban J connectivity index is 2.07. The van der Waals surface area contributed by atoms with Crippen LogP contribution in [-0.2, 0) is 4.79 Å². The number of likely N-dealkylation sites (tertiary alicyclic amines) is 1. The van der Waals surface area contributed by atoms with Crippen molar-refractivity contribution in [2.75, 3.05) is 18.4 Å². The second-order valence-corrected chi connectivity index (χ2v) is 4.62. The first-order chi connectivity index (χ1) is 8.47. The lowest BCUT2D eigenvalue weighted by Crippen LogP contribution is -2.56. The summed E-state index contributed by atoms with van der Waals surface area (Å²) < 4.78 is 0. The van der Waals surface area contributed by atoms with Crippen molar-refractivity contribution in [3.05, 3.63) is 33.3 Å². The third-order valence-corrected chi connectivity index (χ3v) is 3.08. The summed E-state index contributed by atoms with van der Waals surface area (Å²) in [5.41, 5.74) is 0.376. The van der Waals surface area contributed by atoms with E-state index < -0.39 is 4.92 Å². The molecule has 0 atom stereocenters. The standard InChI is InChI=1S/C11H12ClN3O3/c1-7(16)14-5-9(6-14)13-10-3-2-8(12)4-11(10)15(17)18/h2-4,9,13H,5-6H2,1H3. The van der Waals surface area contributed by atoms with Crippen LogP contribution < -0.4 is 5.32 Å².